The maximum Gasteiger partial charge on any atom is 0.303 e. The fraction of sp³-hybridized carbons (Fsp3) is 0.400. The fourth-order valence-electron chi connectivity index (χ4n) is 4.34. The summed E-state index contributed by atoms with van der Waals surface area (Å²) in [6.45, 7) is 4.88. The van der Waals surface area contributed by atoms with Gasteiger partial charge >= 0.3 is 5.97 Å². The van der Waals surface area contributed by atoms with Crippen LogP contribution in [0.1, 0.15) is 51.6 Å². The number of carboxylic acids is 1. The van der Waals surface area contributed by atoms with Gasteiger partial charge in [-0.1, -0.05) is 80.9 Å². The van der Waals surface area contributed by atoms with Crippen LogP contribution in [0.5, 0.6) is 0 Å². The number of benzene rings is 2. The van der Waals surface area contributed by atoms with Gasteiger partial charge in [0.1, 0.15) is 0 Å². The van der Waals surface area contributed by atoms with Gasteiger partial charge in [-0.3, -0.25) is 9.78 Å². The summed E-state index contributed by atoms with van der Waals surface area (Å²) >= 11 is 0. The fourth-order valence-corrected chi connectivity index (χ4v) is 4.34. The molecule has 0 bridgehead atoms. The van der Waals surface area contributed by atoms with Crippen LogP contribution in [0.4, 0.5) is 0 Å². The Labute approximate surface area is 214 Å². The monoisotopic (exact) mass is 487 g/mol. The second kappa shape index (κ2) is 13.6. The first-order chi connectivity index (χ1) is 17.4. The number of carbonyl (C=O) groups is 1. The molecule has 0 amide bonds. The third kappa shape index (κ3) is 8.68. The number of unbranched alkanes of at least 4 members (excludes halogenated alkanes) is 1. The van der Waals surface area contributed by atoms with Crippen molar-refractivity contribution in [2.45, 2.75) is 52.4 Å². The zero-order valence-corrected chi connectivity index (χ0v) is 21.3. The smallest absolute Gasteiger partial charge is 0.303 e. The molecule has 190 valence electrons. The van der Waals surface area contributed by atoms with Gasteiger partial charge in [0, 0.05) is 23.9 Å². The number of rotatable bonds is 15. The molecular formula is C30H37N3O3. The average molecular weight is 488 g/mol. The molecule has 0 saturated heterocycles. The average Bonchev–Trinajstić information content (AvgIpc) is 2.86. The molecule has 0 spiro atoms. The third-order valence-electron chi connectivity index (χ3n) is 6.14. The number of aromatic nitrogens is 2. The molecule has 0 saturated carbocycles. The Morgan fingerprint density at radius 3 is 2.28 bits per heavy atom. The summed E-state index contributed by atoms with van der Waals surface area (Å²) in [4.78, 5) is 20.8. The SMILES string of the molecule is CC(C)(COCCCCC(CC=N)Cc1cnc(-c2ccccc2)c(-c2ccccc2)n1)CC(=O)O. The van der Waals surface area contributed by atoms with Crippen molar-refractivity contribution in [1.82, 2.24) is 9.97 Å². The number of carboxylic acid groups (broad SMARTS) is 1. The van der Waals surface area contributed by atoms with Crippen LogP contribution in [0, 0.1) is 16.7 Å². The van der Waals surface area contributed by atoms with Crippen LogP contribution in [0.25, 0.3) is 22.5 Å². The molecule has 1 unspecified atom stereocenters. The van der Waals surface area contributed by atoms with Crippen molar-refractivity contribution in [1.29, 1.82) is 5.41 Å². The highest BCUT2D eigenvalue weighted by molar-refractivity contribution is 5.77. The number of nitrogens with one attached hydrogen (secondary N) is 1. The molecule has 2 aromatic carbocycles. The highest BCUT2D eigenvalue weighted by atomic mass is 16.5. The maximum atomic E-state index is 10.9. The van der Waals surface area contributed by atoms with Crippen LogP contribution in [-0.4, -0.2) is 40.5 Å². The molecule has 0 aliphatic rings. The number of nitrogens with zero attached hydrogens (tertiary/aromatic N) is 2. The van der Waals surface area contributed by atoms with E-state index in [4.69, 9.17) is 25.2 Å². The number of hydrogen-bond donors (Lipinski definition) is 2. The van der Waals surface area contributed by atoms with Gasteiger partial charge in [-0.2, -0.15) is 0 Å². The first kappa shape index (κ1) is 27.2. The molecule has 0 aliphatic carbocycles. The van der Waals surface area contributed by atoms with Crippen molar-refractivity contribution in [3.05, 3.63) is 72.6 Å². The summed E-state index contributed by atoms with van der Waals surface area (Å²) < 4.78 is 5.75. The highest BCUT2D eigenvalue weighted by Gasteiger charge is 2.22. The lowest BCUT2D eigenvalue weighted by Gasteiger charge is -2.22. The van der Waals surface area contributed by atoms with Gasteiger partial charge in [0.15, 0.2) is 0 Å². The van der Waals surface area contributed by atoms with E-state index in [0.29, 0.717) is 25.6 Å². The van der Waals surface area contributed by atoms with Crippen LogP contribution < -0.4 is 0 Å². The van der Waals surface area contributed by atoms with Gasteiger partial charge in [0.2, 0.25) is 0 Å². The summed E-state index contributed by atoms with van der Waals surface area (Å²) in [5.74, 6) is -0.486. The van der Waals surface area contributed by atoms with E-state index in [1.54, 1.807) is 0 Å². The summed E-state index contributed by atoms with van der Waals surface area (Å²) in [6.07, 6.45) is 7.80. The van der Waals surface area contributed by atoms with Crippen LogP contribution in [-0.2, 0) is 16.0 Å². The number of aliphatic carboxylic acids is 1. The Morgan fingerprint density at radius 1 is 1.03 bits per heavy atom. The van der Waals surface area contributed by atoms with Gasteiger partial charge in [-0.05, 0) is 43.2 Å². The lowest BCUT2D eigenvalue weighted by atomic mass is 9.90. The largest absolute Gasteiger partial charge is 0.481 e. The van der Waals surface area contributed by atoms with Crippen LogP contribution in [0.15, 0.2) is 66.9 Å². The molecule has 6 heteroatoms. The van der Waals surface area contributed by atoms with E-state index >= 15 is 0 Å². The van der Waals surface area contributed by atoms with Crippen molar-refractivity contribution in [3.63, 3.8) is 0 Å². The summed E-state index contributed by atoms with van der Waals surface area (Å²) in [5.41, 5.74) is 4.40. The van der Waals surface area contributed by atoms with Crippen LogP contribution in [0.2, 0.25) is 0 Å². The highest BCUT2D eigenvalue weighted by Crippen LogP contribution is 2.29. The zero-order chi connectivity index (χ0) is 25.8. The second-order valence-electron chi connectivity index (χ2n) is 10.1. The minimum absolute atomic E-state index is 0.101. The van der Waals surface area contributed by atoms with Crippen molar-refractivity contribution in [2.24, 2.45) is 11.3 Å². The van der Waals surface area contributed by atoms with E-state index in [-0.39, 0.29) is 11.8 Å². The number of hydrogen-bond acceptors (Lipinski definition) is 5. The molecule has 1 aromatic heterocycles. The predicted octanol–water partition coefficient (Wildman–Crippen LogP) is 6.70. The Bertz CT molecular complexity index is 1100. The molecule has 1 heterocycles. The van der Waals surface area contributed by atoms with Gasteiger partial charge in [-0.15, -0.1) is 0 Å². The lowest BCUT2D eigenvalue weighted by Crippen LogP contribution is -2.23. The van der Waals surface area contributed by atoms with Crippen molar-refractivity contribution in [3.8, 4) is 22.5 Å². The Morgan fingerprint density at radius 2 is 1.67 bits per heavy atom. The molecule has 0 fully saturated rings. The minimum atomic E-state index is -0.798. The first-order valence-electron chi connectivity index (χ1n) is 12.6. The zero-order valence-electron chi connectivity index (χ0n) is 21.3. The Balaban J connectivity index is 1.62. The molecule has 0 aliphatic heterocycles. The van der Waals surface area contributed by atoms with E-state index in [1.807, 2.05) is 56.4 Å². The molecule has 36 heavy (non-hydrogen) atoms. The molecule has 3 rings (SSSR count). The van der Waals surface area contributed by atoms with Gasteiger partial charge < -0.3 is 15.3 Å². The topological polar surface area (TPSA) is 96.2 Å². The predicted molar refractivity (Wildman–Crippen MR) is 144 cm³/mol. The summed E-state index contributed by atoms with van der Waals surface area (Å²) in [5, 5.41) is 16.7. The van der Waals surface area contributed by atoms with Crippen molar-refractivity contribution >= 4 is 12.2 Å². The molecule has 6 nitrogen and oxygen atoms in total. The second-order valence-corrected chi connectivity index (χ2v) is 10.1. The minimum Gasteiger partial charge on any atom is -0.481 e. The quantitative estimate of drug-likeness (QED) is 0.184. The lowest BCUT2D eigenvalue weighted by molar-refractivity contribution is -0.140. The maximum absolute atomic E-state index is 10.9. The third-order valence-corrected chi connectivity index (χ3v) is 6.14. The molecule has 0 radical (unpaired) electrons. The van der Waals surface area contributed by atoms with E-state index in [1.165, 1.54) is 6.21 Å². The first-order valence-corrected chi connectivity index (χ1v) is 12.6. The van der Waals surface area contributed by atoms with E-state index < -0.39 is 5.97 Å². The van der Waals surface area contributed by atoms with Gasteiger partial charge in [0.05, 0.1) is 30.1 Å². The van der Waals surface area contributed by atoms with Gasteiger partial charge in [0.25, 0.3) is 0 Å². The summed E-state index contributed by atoms with van der Waals surface area (Å²) in [7, 11) is 0. The van der Waals surface area contributed by atoms with Crippen LogP contribution >= 0.6 is 0 Å². The molecule has 2 N–H and O–H groups in total. The molecule has 1 atom stereocenters. The van der Waals surface area contributed by atoms with Crippen molar-refractivity contribution < 1.29 is 14.6 Å². The molecule has 3 aromatic rings. The Kier molecular flexibility index (Phi) is 10.3. The van der Waals surface area contributed by atoms with Gasteiger partial charge in [-0.25, -0.2) is 4.98 Å². The Hall–Kier alpha value is -3.38. The van der Waals surface area contributed by atoms with E-state index in [9.17, 15) is 4.79 Å². The number of ether oxygens (including phenoxy) is 1. The standard InChI is InChI=1S/C30H37N3O3/c1-30(2,20-27(34)35)22-36-18-10-9-11-23(16-17-31)19-26-21-32-28(24-12-5-3-6-13-24)29(33-26)25-14-7-4-8-15-25/h3-8,12-15,17,21,23,31H,9-11,16,18-20,22H2,1-2H3,(H,34,35). The normalized spacial score (nSPS) is 12.3. The van der Waals surface area contributed by atoms with E-state index in [0.717, 1.165) is 53.9 Å². The molecular weight excluding hydrogens is 450 g/mol. The van der Waals surface area contributed by atoms with Crippen molar-refractivity contribution in [2.75, 3.05) is 13.2 Å². The summed E-state index contributed by atoms with van der Waals surface area (Å²) in [6, 6.07) is 20.3. The van der Waals surface area contributed by atoms with E-state index in [2.05, 4.69) is 24.3 Å². The van der Waals surface area contributed by atoms with Crippen LogP contribution in [0.3, 0.4) is 0 Å².